The number of nitrogens with one attached hydrogen (secondary N) is 1. The summed E-state index contributed by atoms with van der Waals surface area (Å²) in [6, 6.07) is 15.5. The summed E-state index contributed by atoms with van der Waals surface area (Å²) in [6.07, 6.45) is 0.435. The average molecular weight is 363 g/mol. The summed E-state index contributed by atoms with van der Waals surface area (Å²) in [7, 11) is 1.55. The summed E-state index contributed by atoms with van der Waals surface area (Å²) in [5.74, 6) is 0.468. The minimum absolute atomic E-state index is 0.0565. The molecule has 7 heteroatoms. The van der Waals surface area contributed by atoms with Crippen molar-refractivity contribution >= 4 is 10.8 Å². The van der Waals surface area contributed by atoms with E-state index in [0.717, 1.165) is 5.56 Å². The molecule has 4 aromatic rings. The molecule has 0 aliphatic heterocycles. The number of aromatic hydroxyl groups is 2. The van der Waals surface area contributed by atoms with E-state index < -0.39 is 0 Å². The summed E-state index contributed by atoms with van der Waals surface area (Å²) in [5.41, 5.74) is 1.91. The molecule has 4 rings (SSSR count). The Hall–Kier alpha value is -3.74. The summed E-state index contributed by atoms with van der Waals surface area (Å²) in [5, 5.41) is 27.8. The van der Waals surface area contributed by atoms with E-state index in [1.54, 1.807) is 31.4 Å². The number of fused-ring (bicyclic) bond motifs is 1. The largest absolute Gasteiger partial charge is 0.496 e. The van der Waals surface area contributed by atoms with Crippen LogP contribution >= 0.6 is 0 Å². The molecule has 0 saturated carbocycles. The predicted octanol–water partition coefficient (Wildman–Crippen LogP) is 2.72. The van der Waals surface area contributed by atoms with Gasteiger partial charge in [0.05, 0.1) is 29.3 Å². The lowest BCUT2D eigenvalue weighted by atomic mass is 10.0. The van der Waals surface area contributed by atoms with Crippen molar-refractivity contribution in [2.24, 2.45) is 0 Å². The van der Waals surface area contributed by atoms with Gasteiger partial charge < -0.3 is 14.9 Å². The molecule has 0 unspecified atom stereocenters. The molecule has 0 bridgehead atoms. The second kappa shape index (κ2) is 6.53. The highest BCUT2D eigenvalue weighted by atomic mass is 16.5. The van der Waals surface area contributed by atoms with Crippen LogP contribution < -0.4 is 10.3 Å². The van der Waals surface area contributed by atoms with Crippen molar-refractivity contribution in [3.05, 3.63) is 76.2 Å². The van der Waals surface area contributed by atoms with E-state index in [1.807, 2.05) is 18.2 Å². The molecule has 0 atom stereocenters. The highest BCUT2D eigenvalue weighted by Crippen LogP contribution is 2.29. The molecular weight excluding hydrogens is 346 g/mol. The molecule has 27 heavy (non-hydrogen) atoms. The number of ether oxygens (including phenoxy) is 1. The minimum atomic E-state index is -0.274. The van der Waals surface area contributed by atoms with Crippen LogP contribution in [0.1, 0.15) is 11.3 Å². The molecule has 2 heterocycles. The fourth-order valence-electron chi connectivity index (χ4n) is 3.23. The maximum absolute atomic E-state index is 12.1. The van der Waals surface area contributed by atoms with Crippen molar-refractivity contribution in [1.82, 2.24) is 14.8 Å². The van der Waals surface area contributed by atoms with Gasteiger partial charge in [-0.25, -0.2) is 5.10 Å². The van der Waals surface area contributed by atoms with Gasteiger partial charge in [-0.1, -0.05) is 18.2 Å². The second-order valence-corrected chi connectivity index (χ2v) is 6.11. The molecular formula is C20H17N3O4. The lowest BCUT2D eigenvalue weighted by Crippen LogP contribution is -2.12. The molecule has 136 valence electrons. The fourth-order valence-corrected chi connectivity index (χ4v) is 3.23. The highest BCUT2D eigenvalue weighted by Gasteiger charge is 2.13. The Morgan fingerprint density at radius 2 is 1.81 bits per heavy atom. The Bertz CT molecular complexity index is 1170. The number of aromatic amines is 1. The molecule has 2 aromatic heterocycles. The molecule has 7 nitrogen and oxygen atoms in total. The van der Waals surface area contributed by atoms with Crippen LogP contribution in [0, 0.1) is 0 Å². The maximum atomic E-state index is 12.1. The molecule has 0 spiro atoms. The van der Waals surface area contributed by atoms with Crippen LogP contribution in [-0.2, 0) is 6.42 Å². The van der Waals surface area contributed by atoms with Gasteiger partial charge in [0.2, 0.25) is 0 Å². The Labute approximate surface area is 154 Å². The van der Waals surface area contributed by atoms with Crippen LogP contribution in [0.3, 0.4) is 0 Å². The quantitative estimate of drug-likeness (QED) is 0.518. The number of aromatic nitrogens is 3. The number of hydrogen-bond donors (Lipinski definition) is 3. The van der Waals surface area contributed by atoms with Crippen LogP contribution in [-0.4, -0.2) is 32.1 Å². The maximum Gasteiger partial charge on any atom is 0.272 e. The van der Waals surface area contributed by atoms with Crippen LogP contribution in [0.2, 0.25) is 0 Å². The van der Waals surface area contributed by atoms with Crippen LogP contribution in [0.25, 0.3) is 16.5 Å². The number of hydrogen-bond acceptors (Lipinski definition) is 5. The molecule has 0 aliphatic rings. The van der Waals surface area contributed by atoms with Crippen LogP contribution in [0.4, 0.5) is 0 Å². The van der Waals surface area contributed by atoms with Crippen molar-refractivity contribution in [1.29, 1.82) is 0 Å². The molecule has 0 amide bonds. The van der Waals surface area contributed by atoms with Gasteiger partial charge in [0, 0.05) is 18.6 Å². The van der Waals surface area contributed by atoms with E-state index in [1.165, 1.54) is 16.7 Å². The standard InChI is InChI=1S/C20H17N3O4/c1-27-16-7-3-6-14-19(16)15(21-22-20(14)26)11-12-4-2-5-13(10-12)23-17(24)8-9-18(23)25/h2-10,24-25H,11H2,1H3,(H,22,26). The first-order valence-corrected chi connectivity index (χ1v) is 8.31. The normalized spacial score (nSPS) is 11.0. The minimum Gasteiger partial charge on any atom is -0.496 e. The molecule has 0 fully saturated rings. The first-order chi connectivity index (χ1) is 13.1. The van der Waals surface area contributed by atoms with Gasteiger partial charge in [0.15, 0.2) is 11.8 Å². The number of nitrogens with zero attached hydrogens (tertiary/aromatic N) is 2. The lowest BCUT2D eigenvalue weighted by molar-refractivity contribution is 0.402. The number of H-pyrrole nitrogens is 1. The summed E-state index contributed by atoms with van der Waals surface area (Å²) in [4.78, 5) is 12.1. The van der Waals surface area contributed by atoms with E-state index in [2.05, 4.69) is 10.2 Å². The van der Waals surface area contributed by atoms with Gasteiger partial charge >= 0.3 is 0 Å². The van der Waals surface area contributed by atoms with E-state index >= 15 is 0 Å². The highest BCUT2D eigenvalue weighted by molar-refractivity contribution is 5.89. The molecule has 0 radical (unpaired) electrons. The van der Waals surface area contributed by atoms with Gasteiger partial charge in [-0.3, -0.25) is 9.36 Å². The second-order valence-electron chi connectivity index (χ2n) is 6.11. The zero-order valence-corrected chi connectivity index (χ0v) is 14.5. The van der Waals surface area contributed by atoms with Gasteiger partial charge in [-0.05, 0) is 29.8 Å². The Kier molecular flexibility index (Phi) is 4.04. The summed E-state index contributed by atoms with van der Waals surface area (Å²) >= 11 is 0. The van der Waals surface area contributed by atoms with E-state index in [-0.39, 0.29) is 17.3 Å². The van der Waals surface area contributed by atoms with Crippen LogP contribution in [0.15, 0.2) is 59.4 Å². The summed E-state index contributed by atoms with van der Waals surface area (Å²) in [6.45, 7) is 0. The Balaban J connectivity index is 1.81. The van der Waals surface area contributed by atoms with Gasteiger partial charge in [-0.2, -0.15) is 5.10 Å². The van der Waals surface area contributed by atoms with Crippen molar-refractivity contribution in [2.45, 2.75) is 6.42 Å². The topological polar surface area (TPSA) is 100 Å². The first kappa shape index (κ1) is 16.7. The molecule has 0 aliphatic carbocycles. The zero-order chi connectivity index (χ0) is 19.0. The number of benzene rings is 2. The number of methoxy groups -OCH3 is 1. The van der Waals surface area contributed by atoms with E-state index in [0.29, 0.717) is 34.3 Å². The monoisotopic (exact) mass is 363 g/mol. The molecule has 0 saturated heterocycles. The zero-order valence-electron chi connectivity index (χ0n) is 14.5. The van der Waals surface area contributed by atoms with Crippen molar-refractivity contribution in [2.75, 3.05) is 7.11 Å². The number of rotatable bonds is 4. The Morgan fingerprint density at radius 1 is 1.07 bits per heavy atom. The molecule has 3 N–H and O–H groups in total. The third-order valence-corrected chi connectivity index (χ3v) is 4.45. The first-order valence-electron chi connectivity index (χ1n) is 8.31. The third kappa shape index (κ3) is 2.89. The van der Waals surface area contributed by atoms with Gasteiger partial charge in [0.25, 0.3) is 5.56 Å². The molecule has 2 aromatic carbocycles. The smallest absolute Gasteiger partial charge is 0.272 e. The SMILES string of the molecule is COc1cccc2c(=O)[nH]nc(Cc3cccc(-n4c(O)ccc4O)c3)c12. The Morgan fingerprint density at radius 3 is 2.56 bits per heavy atom. The fraction of sp³-hybridized carbons (Fsp3) is 0.100. The average Bonchev–Trinajstić information content (AvgIpc) is 3.02. The van der Waals surface area contributed by atoms with Crippen molar-refractivity contribution in [3.8, 4) is 23.2 Å². The van der Waals surface area contributed by atoms with E-state index in [9.17, 15) is 15.0 Å². The van der Waals surface area contributed by atoms with Crippen molar-refractivity contribution in [3.63, 3.8) is 0 Å². The van der Waals surface area contributed by atoms with Gasteiger partial charge in [0.1, 0.15) is 5.75 Å². The predicted molar refractivity (Wildman–Crippen MR) is 101 cm³/mol. The third-order valence-electron chi connectivity index (χ3n) is 4.45. The van der Waals surface area contributed by atoms with Crippen molar-refractivity contribution < 1.29 is 14.9 Å². The summed E-state index contributed by atoms with van der Waals surface area (Å²) < 4.78 is 6.75. The van der Waals surface area contributed by atoms with Gasteiger partial charge in [-0.15, -0.1) is 0 Å². The lowest BCUT2D eigenvalue weighted by Gasteiger charge is -2.11. The van der Waals surface area contributed by atoms with Crippen LogP contribution in [0.5, 0.6) is 17.5 Å². The van der Waals surface area contributed by atoms with E-state index in [4.69, 9.17) is 4.74 Å².